The maximum atomic E-state index is 13.0. The maximum absolute atomic E-state index is 13.0. The Morgan fingerprint density at radius 2 is 1.79 bits per heavy atom. The molecule has 1 amide bonds. The van der Waals surface area contributed by atoms with Crippen LogP contribution in [0.25, 0.3) is 0 Å². The van der Waals surface area contributed by atoms with Crippen molar-refractivity contribution in [3.63, 3.8) is 0 Å². The van der Waals surface area contributed by atoms with Crippen LogP contribution in [0.1, 0.15) is 44.7 Å². The Kier molecular flexibility index (Phi) is 7.32. The topological polar surface area (TPSA) is 41.6 Å². The Balaban J connectivity index is 1.56. The number of ether oxygens (including phenoxy) is 1. The molecule has 156 valence electrons. The third-order valence-electron chi connectivity index (χ3n) is 5.85. The number of nitrogens with zero attached hydrogens (tertiary/aromatic N) is 1. The van der Waals surface area contributed by atoms with E-state index in [1.54, 1.807) is 0 Å². The van der Waals surface area contributed by atoms with Crippen molar-refractivity contribution in [2.75, 3.05) is 19.7 Å². The molecule has 1 fully saturated rings. The summed E-state index contributed by atoms with van der Waals surface area (Å²) in [5.74, 6) is 0.999. The molecule has 0 saturated carbocycles. The van der Waals surface area contributed by atoms with Crippen molar-refractivity contribution in [3.8, 4) is 5.75 Å². The summed E-state index contributed by atoms with van der Waals surface area (Å²) < 4.78 is 5.87. The number of carbonyl (C=O) groups is 1. The van der Waals surface area contributed by atoms with E-state index in [2.05, 4.69) is 55.3 Å². The van der Waals surface area contributed by atoms with Gasteiger partial charge in [-0.15, -0.1) is 0 Å². The first kappa shape index (κ1) is 21.4. The number of aryl methyl sites for hydroxylation is 1. The quantitative estimate of drug-likeness (QED) is 0.720. The average Bonchev–Trinajstić information content (AvgIpc) is 2.74. The summed E-state index contributed by atoms with van der Waals surface area (Å²) in [5, 5.41) is 3.16. The Labute approximate surface area is 175 Å². The lowest BCUT2D eigenvalue weighted by Crippen LogP contribution is -2.54. The fourth-order valence-corrected chi connectivity index (χ4v) is 3.88. The van der Waals surface area contributed by atoms with Crippen LogP contribution < -0.4 is 10.1 Å². The number of nitrogens with one attached hydrogen (secondary N) is 1. The molecule has 1 aliphatic heterocycles. The summed E-state index contributed by atoms with van der Waals surface area (Å²) >= 11 is 0. The van der Waals surface area contributed by atoms with Crippen molar-refractivity contribution in [2.45, 2.75) is 52.6 Å². The summed E-state index contributed by atoms with van der Waals surface area (Å²) in [7, 11) is 0. The molecular weight excluding hydrogens is 360 g/mol. The van der Waals surface area contributed by atoms with E-state index in [4.69, 9.17) is 4.74 Å². The summed E-state index contributed by atoms with van der Waals surface area (Å²) in [6.07, 6.45) is 3.00. The minimum absolute atomic E-state index is 0.104. The second-order valence-electron chi connectivity index (χ2n) is 8.72. The number of piperidine rings is 1. The van der Waals surface area contributed by atoms with Crippen molar-refractivity contribution in [1.82, 2.24) is 10.2 Å². The van der Waals surface area contributed by atoms with Gasteiger partial charge < -0.3 is 10.1 Å². The molecule has 1 atom stereocenters. The SMILES string of the molecule is CCc1ccc(CNC(=O)C2CC(C)(C)CCN2CCOc2ccccc2)cc1. The lowest BCUT2D eigenvalue weighted by Gasteiger charge is -2.42. The highest BCUT2D eigenvalue weighted by Crippen LogP contribution is 2.33. The molecule has 0 radical (unpaired) electrons. The number of hydrogen-bond acceptors (Lipinski definition) is 3. The van der Waals surface area contributed by atoms with E-state index in [1.165, 1.54) is 5.56 Å². The Hall–Kier alpha value is -2.33. The van der Waals surface area contributed by atoms with Gasteiger partial charge >= 0.3 is 0 Å². The van der Waals surface area contributed by atoms with Crippen LogP contribution in [-0.4, -0.2) is 36.5 Å². The number of carbonyl (C=O) groups excluding carboxylic acids is 1. The van der Waals surface area contributed by atoms with Gasteiger partial charge in [0.2, 0.25) is 5.91 Å². The molecule has 1 unspecified atom stereocenters. The van der Waals surface area contributed by atoms with Crippen LogP contribution in [-0.2, 0) is 17.8 Å². The van der Waals surface area contributed by atoms with Gasteiger partial charge in [0.25, 0.3) is 0 Å². The molecular formula is C25H34N2O2. The zero-order valence-electron chi connectivity index (χ0n) is 18.0. The molecule has 1 N–H and O–H groups in total. The number of para-hydroxylation sites is 1. The monoisotopic (exact) mass is 394 g/mol. The number of likely N-dealkylation sites (tertiary alicyclic amines) is 1. The molecule has 0 spiro atoms. The number of rotatable bonds is 8. The maximum Gasteiger partial charge on any atom is 0.237 e. The smallest absolute Gasteiger partial charge is 0.237 e. The molecule has 0 aromatic heterocycles. The first-order valence-electron chi connectivity index (χ1n) is 10.7. The van der Waals surface area contributed by atoms with Gasteiger partial charge in [-0.3, -0.25) is 9.69 Å². The van der Waals surface area contributed by atoms with Crippen LogP contribution >= 0.6 is 0 Å². The zero-order valence-corrected chi connectivity index (χ0v) is 18.0. The lowest BCUT2D eigenvalue weighted by molar-refractivity contribution is -0.130. The van der Waals surface area contributed by atoms with Crippen LogP contribution in [0.3, 0.4) is 0 Å². The van der Waals surface area contributed by atoms with Crippen molar-refractivity contribution in [1.29, 1.82) is 0 Å². The van der Waals surface area contributed by atoms with Crippen molar-refractivity contribution < 1.29 is 9.53 Å². The first-order chi connectivity index (χ1) is 14.0. The van der Waals surface area contributed by atoms with Crippen LogP contribution in [0, 0.1) is 5.41 Å². The second kappa shape index (κ2) is 9.93. The van der Waals surface area contributed by atoms with E-state index in [1.807, 2.05) is 30.3 Å². The van der Waals surface area contributed by atoms with Gasteiger partial charge in [-0.25, -0.2) is 0 Å². The molecule has 0 bridgehead atoms. The van der Waals surface area contributed by atoms with Crippen molar-refractivity contribution in [2.24, 2.45) is 5.41 Å². The summed E-state index contributed by atoms with van der Waals surface area (Å²) in [4.78, 5) is 15.3. The Morgan fingerprint density at radius 1 is 1.10 bits per heavy atom. The zero-order chi connectivity index (χ0) is 20.7. The molecule has 2 aromatic rings. The third kappa shape index (κ3) is 6.33. The molecule has 3 rings (SSSR count). The Bertz CT molecular complexity index is 771. The van der Waals surface area contributed by atoms with Gasteiger partial charge in [-0.2, -0.15) is 0 Å². The third-order valence-corrected chi connectivity index (χ3v) is 5.85. The molecule has 1 saturated heterocycles. The summed E-state index contributed by atoms with van der Waals surface area (Å²) in [6.45, 7) is 9.52. The average molecular weight is 395 g/mol. The van der Waals surface area contributed by atoms with Crippen molar-refractivity contribution in [3.05, 3.63) is 65.7 Å². The molecule has 1 heterocycles. The molecule has 4 heteroatoms. The Morgan fingerprint density at radius 3 is 2.48 bits per heavy atom. The minimum atomic E-state index is -0.104. The summed E-state index contributed by atoms with van der Waals surface area (Å²) in [5.41, 5.74) is 2.64. The number of benzene rings is 2. The van der Waals surface area contributed by atoms with Crippen LogP contribution in [0.15, 0.2) is 54.6 Å². The highest BCUT2D eigenvalue weighted by Gasteiger charge is 2.37. The van der Waals surface area contributed by atoms with E-state index in [0.29, 0.717) is 13.2 Å². The fourth-order valence-electron chi connectivity index (χ4n) is 3.88. The number of hydrogen-bond donors (Lipinski definition) is 1. The lowest BCUT2D eigenvalue weighted by atomic mass is 9.78. The van der Waals surface area contributed by atoms with E-state index in [0.717, 1.165) is 43.7 Å². The molecule has 4 nitrogen and oxygen atoms in total. The van der Waals surface area contributed by atoms with E-state index >= 15 is 0 Å². The molecule has 0 aliphatic carbocycles. The van der Waals surface area contributed by atoms with Crippen LogP contribution in [0.2, 0.25) is 0 Å². The normalized spacial score (nSPS) is 18.9. The first-order valence-corrected chi connectivity index (χ1v) is 10.7. The van der Waals surface area contributed by atoms with Gasteiger partial charge in [0.05, 0.1) is 6.04 Å². The standard InChI is InChI=1S/C25H34N2O2/c1-4-20-10-12-21(13-11-20)19-26-24(28)23-18-25(2,3)14-15-27(23)16-17-29-22-8-6-5-7-9-22/h5-13,23H,4,14-19H2,1-3H3,(H,26,28). The predicted molar refractivity (Wildman–Crippen MR) is 118 cm³/mol. The highest BCUT2D eigenvalue weighted by atomic mass is 16.5. The van der Waals surface area contributed by atoms with Gasteiger partial charge in [-0.1, -0.05) is 63.2 Å². The molecule has 29 heavy (non-hydrogen) atoms. The largest absolute Gasteiger partial charge is 0.492 e. The second-order valence-corrected chi connectivity index (χ2v) is 8.72. The minimum Gasteiger partial charge on any atom is -0.492 e. The number of amides is 1. The van der Waals surface area contributed by atoms with Gasteiger partial charge in [0.1, 0.15) is 12.4 Å². The van der Waals surface area contributed by atoms with E-state index in [-0.39, 0.29) is 17.4 Å². The predicted octanol–water partition coefficient (Wildman–Crippen LogP) is 4.43. The summed E-state index contributed by atoms with van der Waals surface area (Å²) in [6, 6.07) is 18.2. The van der Waals surface area contributed by atoms with E-state index < -0.39 is 0 Å². The molecule has 2 aromatic carbocycles. The fraction of sp³-hybridized carbons (Fsp3) is 0.480. The van der Waals surface area contributed by atoms with Gasteiger partial charge in [0.15, 0.2) is 0 Å². The van der Waals surface area contributed by atoms with Crippen LogP contribution in [0.5, 0.6) is 5.75 Å². The van der Waals surface area contributed by atoms with Crippen LogP contribution in [0.4, 0.5) is 0 Å². The van der Waals surface area contributed by atoms with Gasteiger partial charge in [0, 0.05) is 13.1 Å². The van der Waals surface area contributed by atoms with Gasteiger partial charge in [-0.05, 0) is 54.5 Å². The highest BCUT2D eigenvalue weighted by molar-refractivity contribution is 5.82. The van der Waals surface area contributed by atoms with Crippen molar-refractivity contribution >= 4 is 5.91 Å². The van der Waals surface area contributed by atoms with E-state index in [9.17, 15) is 4.79 Å². The molecule has 1 aliphatic rings.